The van der Waals surface area contributed by atoms with Gasteiger partial charge in [-0.15, -0.1) is 0 Å². The smallest absolute Gasteiger partial charge is 0.272 e. The van der Waals surface area contributed by atoms with Gasteiger partial charge in [-0.3, -0.25) is 9.48 Å². The Bertz CT molecular complexity index is 456. The summed E-state index contributed by atoms with van der Waals surface area (Å²) in [6.07, 6.45) is 2.06. The van der Waals surface area contributed by atoms with Crippen LogP contribution < -0.4 is 5.32 Å². The maximum atomic E-state index is 12.5. The standard InChI is InChI=1S/C13H20N4O/c1-3-10-6-12(16(2)15-10)13(18)17-7-9-4-5-14-11(9)8-17/h6,9,11,14H,3-5,7-8H2,1-2H3/t9-,11+/m0/s1. The molecule has 18 heavy (non-hydrogen) atoms. The van der Waals surface area contributed by atoms with Crippen LogP contribution in [0.1, 0.15) is 29.5 Å². The number of carbonyl (C=O) groups excluding carboxylic acids is 1. The second-order valence-corrected chi connectivity index (χ2v) is 5.32. The molecule has 0 radical (unpaired) electrons. The highest BCUT2D eigenvalue weighted by Gasteiger charge is 2.38. The van der Waals surface area contributed by atoms with Crippen LogP contribution in [0, 0.1) is 5.92 Å². The number of aromatic nitrogens is 2. The molecule has 0 saturated carbocycles. The fourth-order valence-corrected chi connectivity index (χ4v) is 3.08. The summed E-state index contributed by atoms with van der Waals surface area (Å²) < 4.78 is 1.71. The average molecular weight is 248 g/mol. The molecule has 2 saturated heterocycles. The molecule has 1 N–H and O–H groups in total. The van der Waals surface area contributed by atoms with Crippen molar-refractivity contribution in [2.24, 2.45) is 13.0 Å². The maximum Gasteiger partial charge on any atom is 0.272 e. The van der Waals surface area contributed by atoms with E-state index in [1.165, 1.54) is 6.42 Å². The highest BCUT2D eigenvalue weighted by atomic mass is 16.2. The molecule has 0 aromatic carbocycles. The monoisotopic (exact) mass is 248 g/mol. The minimum Gasteiger partial charge on any atom is -0.335 e. The van der Waals surface area contributed by atoms with Crippen molar-refractivity contribution in [3.05, 3.63) is 17.5 Å². The van der Waals surface area contributed by atoms with Gasteiger partial charge < -0.3 is 10.2 Å². The second kappa shape index (κ2) is 4.39. The molecule has 0 bridgehead atoms. The van der Waals surface area contributed by atoms with E-state index < -0.39 is 0 Å². The normalized spacial score (nSPS) is 26.7. The molecule has 2 fully saturated rings. The molecule has 3 heterocycles. The number of hydrogen-bond donors (Lipinski definition) is 1. The molecule has 1 aromatic rings. The summed E-state index contributed by atoms with van der Waals surface area (Å²) >= 11 is 0. The van der Waals surface area contributed by atoms with Gasteiger partial charge in [0.05, 0.1) is 5.69 Å². The zero-order valence-corrected chi connectivity index (χ0v) is 11.0. The lowest BCUT2D eigenvalue weighted by Crippen LogP contribution is -2.34. The van der Waals surface area contributed by atoms with Gasteiger partial charge in [-0.1, -0.05) is 6.92 Å². The molecular formula is C13H20N4O. The number of likely N-dealkylation sites (tertiary alicyclic amines) is 1. The minimum atomic E-state index is 0.126. The lowest BCUT2D eigenvalue weighted by Gasteiger charge is -2.17. The first-order chi connectivity index (χ1) is 8.69. The third kappa shape index (κ3) is 1.82. The molecule has 0 unspecified atom stereocenters. The van der Waals surface area contributed by atoms with E-state index in [0.717, 1.165) is 31.7 Å². The van der Waals surface area contributed by atoms with Gasteiger partial charge >= 0.3 is 0 Å². The molecule has 2 aliphatic heterocycles. The summed E-state index contributed by atoms with van der Waals surface area (Å²) in [5.74, 6) is 0.772. The van der Waals surface area contributed by atoms with Crippen LogP contribution in [0.25, 0.3) is 0 Å². The zero-order chi connectivity index (χ0) is 12.7. The largest absolute Gasteiger partial charge is 0.335 e. The van der Waals surface area contributed by atoms with E-state index in [9.17, 15) is 4.79 Å². The van der Waals surface area contributed by atoms with Crippen LogP contribution in [0.2, 0.25) is 0 Å². The number of aryl methyl sites for hydroxylation is 2. The summed E-state index contributed by atoms with van der Waals surface area (Å²) in [6, 6.07) is 2.43. The van der Waals surface area contributed by atoms with Gasteiger partial charge in [0.2, 0.25) is 0 Å². The Balaban J connectivity index is 1.76. The van der Waals surface area contributed by atoms with E-state index >= 15 is 0 Å². The van der Waals surface area contributed by atoms with Crippen LogP contribution in [-0.4, -0.2) is 46.3 Å². The van der Waals surface area contributed by atoms with Gasteiger partial charge in [-0.05, 0) is 31.4 Å². The molecule has 1 aromatic heterocycles. The van der Waals surface area contributed by atoms with Crippen LogP contribution in [0.3, 0.4) is 0 Å². The summed E-state index contributed by atoms with van der Waals surface area (Å²) in [5, 5.41) is 7.82. The predicted molar refractivity (Wildman–Crippen MR) is 68.4 cm³/mol. The highest BCUT2D eigenvalue weighted by Crippen LogP contribution is 2.25. The summed E-state index contributed by atoms with van der Waals surface area (Å²) in [4.78, 5) is 14.4. The van der Waals surface area contributed by atoms with Crippen LogP contribution in [-0.2, 0) is 13.5 Å². The van der Waals surface area contributed by atoms with Gasteiger partial charge in [0.15, 0.2) is 0 Å². The van der Waals surface area contributed by atoms with E-state index in [1.54, 1.807) is 4.68 Å². The topological polar surface area (TPSA) is 50.2 Å². The quantitative estimate of drug-likeness (QED) is 0.825. The molecule has 1 amide bonds. The molecule has 0 spiro atoms. The summed E-state index contributed by atoms with van der Waals surface area (Å²) in [7, 11) is 1.85. The summed E-state index contributed by atoms with van der Waals surface area (Å²) in [5.41, 5.74) is 1.70. The number of nitrogens with one attached hydrogen (secondary N) is 1. The zero-order valence-electron chi connectivity index (χ0n) is 11.0. The van der Waals surface area contributed by atoms with Crippen LogP contribution in [0.5, 0.6) is 0 Å². The number of hydrogen-bond acceptors (Lipinski definition) is 3. The van der Waals surface area contributed by atoms with Crippen LogP contribution >= 0.6 is 0 Å². The van der Waals surface area contributed by atoms with E-state index in [4.69, 9.17) is 0 Å². The van der Waals surface area contributed by atoms with Crippen molar-refractivity contribution in [2.75, 3.05) is 19.6 Å². The first-order valence-electron chi connectivity index (χ1n) is 6.74. The third-order valence-electron chi connectivity index (χ3n) is 4.16. The molecule has 5 heteroatoms. The van der Waals surface area contributed by atoms with Crippen molar-refractivity contribution in [3.63, 3.8) is 0 Å². The van der Waals surface area contributed by atoms with Gasteiger partial charge in [0.1, 0.15) is 5.69 Å². The molecule has 98 valence electrons. The van der Waals surface area contributed by atoms with E-state index in [-0.39, 0.29) is 5.91 Å². The Hall–Kier alpha value is -1.36. The second-order valence-electron chi connectivity index (χ2n) is 5.32. The predicted octanol–water partition coefficient (Wildman–Crippen LogP) is 0.416. The van der Waals surface area contributed by atoms with Crippen molar-refractivity contribution in [3.8, 4) is 0 Å². The van der Waals surface area contributed by atoms with Crippen molar-refractivity contribution in [2.45, 2.75) is 25.8 Å². The van der Waals surface area contributed by atoms with Crippen molar-refractivity contribution >= 4 is 5.91 Å². The fraction of sp³-hybridized carbons (Fsp3) is 0.692. The number of carbonyl (C=O) groups is 1. The van der Waals surface area contributed by atoms with Crippen molar-refractivity contribution in [1.29, 1.82) is 0 Å². The number of fused-ring (bicyclic) bond motifs is 1. The third-order valence-corrected chi connectivity index (χ3v) is 4.16. The van der Waals surface area contributed by atoms with Gasteiger partial charge in [0.25, 0.3) is 5.91 Å². The van der Waals surface area contributed by atoms with Crippen molar-refractivity contribution < 1.29 is 4.79 Å². The lowest BCUT2D eigenvalue weighted by molar-refractivity contribution is 0.0771. The first-order valence-corrected chi connectivity index (χ1v) is 6.74. The SMILES string of the molecule is CCc1cc(C(=O)N2C[C@@H]3CCN[C@@H]3C2)n(C)n1. The Morgan fingerprint density at radius 2 is 2.39 bits per heavy atom. The molecule has 5 nitrogen and oxygen atoms in total. The Morgan fingerprint density at radius 1 is 1.56 bits per heavy atom. The van der Waals surface area contributed by atoms with Crippen LogP contribution in [0.4, 0.5) is 0 Å². The van der Waals surface area contributed by atoms with E-state index in [0.29, 0.717) is 17.7 Å². The van der Waals surface area contributed by atoms with Gasteiger partial charge in [-0.25, -0.2) is 0 Å². The first kappa shape index (κ1) is 11.7. The summed E-state index contributed by atoms with van der Waals surface area (Å²) in [6.45, 7) is 4.89. The Labute approximate surface area is 107 Å². The molecule has 2 atom stereocenters. The molecule has 0 aliphatic carbocycles. The highest BCUT2D eigenvalue weighted by molar-refractivity contribution is 5.93. The van der Waals surface area contributed by atoms with E-state index in [1.807, 2.05) is 18.0 Å². The number of rotatable bonds is 2. The average Bonchev–Trinajstić information content (AvgIpc) is 3.00. The molecule has 2 aliphatic rings. The Morgan fingerprint density at radius 3 is 3.06 bits per heavy atom. The van der Waals surface area contributed by atoms with Crippen molar-refractivity contribution in [1.82, 2.24) is 20.0 Å². The Kier molecular flexibility index (Phi) is 2.86. The molecule has 3 rings (SSSR count). The fourth-order valence-electron chi connectivity index (χ4n) is 3.08. The van der Waals surface area contributed by atoms with E-state index in [2.05, 4.69) is 17.3 Å². The lowest BCUT2D eigenvalue weighted by atomic mass is 10.1. The molecular weight excluding hydrogens is 228 g/mol. The maximum absolute atomic E-state index is 12.5. The van der Waals surface area contributed by atoms with Crippen LogP contribution in [0.15, 0.2) is 6.07 Å². The minimum absolute atomic E-state index is 0.126. The number of nitrogens with zero attached hydrogens (tertiary/aromatic N) is 3. The number of amides is 1. The van der Waals surface area contributed by atoms with Gasteiger partial charge in [-0.2, -0.15) is 5.10 Å². The van der Waals surface area contributed by atoms with Gasteiger partial charge in [0, 0.05) is 26.2 Å².